The molecule has 0 aromatic heterocycles. The minimum Gasteiger partial charge on any atom is -0.465 e. The van der Waals surface area contributed by atoms with E-state index < -0.39 is 23.6 Å². The van der Waals surface area contributed by atoms with Crippen LogP contribution in [0.25, 0.3) is 0 Å². The first kappa shape index (κ1) is 14.2. The number of ether oxygens (including phenoxy) is 1. The second-order valence-corrected chi connectivity index (χ2v) is 3.88. The Morgan fingerprint density at radius 2 is 1.87 bits per heavy atom. The lowest BCUT2D eigenvalue weighted by molar-refractivity contribution is -0.188. The van der Waals surface area contributed by atoms with Crippen molar-refractivity contribution >= 4 is 5.97 Å². The van der Waals surface area contributed by atoms with Gasteiger partial charge in [0, 0.05) is 0 Å². The topological polar surface area (TPSA) is 52.3 Å². The van der Waals surface area contributed by atoms with Gasteiger partial charge in [0.25, 0.3) is 0 Å². The molecular weight excluding hydrogens is 211 g/mol. The Kier molecular flexibility index (Phi) is 4.58. The number of hydrogen-bond donors (Lipinski definition) is 1. The Morgan fingerprint density at radius 3 is 2.20 bits per heavy atom. The maximum absolute atomic E-state index is 12.3. The first-order chi connectivity index (χ1) is 6.64. The van der Waals surface area contributed by atoms with E-state index in [1.807, 2.05) is 0 Å². The van der Waals surface area contributed by atoms with Crippen LogP contribution in [0.15, 0.2) is 0 Å². The van der Waals surface area contributed by atoms with E-state index in [2.05, 4.69) is 4.74 Å². The fourth-order valence-corrected chi connectivity index (χ4v) is 0.917. The molecule has 15 heavy (non-hydrogen) atoms. The van der Waals surface area contributed by atoms with Crippen molar-refractivity contribution in [3.8, 4) is 0 Å². The molecule has 0 fully saturated rings. The van der Waals surface area contributed by atoms with Crippen molar-refractivity contribution in [2.45, 2.75) is 39.4 Å². The highest BCUT2D eigenvalue weighted by molar-refractivity contribution is 5.77. The zero-order chi connectivity index (χ0) is 12.3. The summed E-state index contributed by atoms with van der Waals surface area (Å²) < 4.78 is 41.5. The summed E-state index contributed by atoms with van der Waals surface area (Å²) in [5, 5.41) is 0. The molecule has 0 aliphatic heterocycles. The molecule has 3 nitrogen and oxygen atoms in total. The molecule has 0 bridgehead atoms. The third kappa shape index (κ3) is 3.70. The van der Waals surface area contributed by atoms with Crippen LogP contribution in [0.5, 0.6) is 0 Å². The number of esters is 1. The average molecular weight is 227 g/mol. The van der Waals surface area contributed by atoms with E-state index in [9.17, 15) is 18.0 Å². The maximum Gasteiger partial charge on any atom is 0.404 e. The number of carbonyl (C=O) groups excluding carboxylic acids is 1. The van der Waals surface area contributed by atoms with Crippen LogP contribution in [-0.4, -0.2) is 24.8 Å². The summed E-state index contributed by atoms with van der Waals surface area (Å²) in [6.45, 7) is 4.11. The van der Waals surface area contributed by atoms with Gasteiger partial charge in [-0.2, -0.15) is 13.2 Å². The van der Waals surface area contributed by atoms with Crippen LogP contribution < -0.4 is 5.73 Å². The van der Waals surface area contributed by atoms with E-state index in [0.29, 0.717) is 6.42 Å². The van der Waals surface area contributed by atoms with Crippen LogP contribution >= 0.6 is 0 Å². The zero-order valence-corrected chi connectivity index (χ0v) is 9.02. The van der Waals surface area contributed by atoms with E-state index in [4.69, 9.17) is 5.73 Å². The van der Waals surface area contributed by atoms with E-state index >= 15 is 0 Å². The number of hydrogen-bond acceptors (Lipinski definition) is 3. The highest BCUT2D eigenvalue weighted by Crippen LogP contribution is 2.33. The fraction of sp³-hybridized carbons (Fsp3) is 0.889. The molecule has 0 unspecified atom stereocenters. The van der Waals surface area contributed by atoms with Gasteiger partial charge in [-0.05, 0) is 20.3 Å². The lowest BCUT2D eigenvalue weighted by Crippen LogP contribution is -2.53. The van der Waals surface area contributed by atoms with Crippen molar-refractivity contribution in [1.82, 2.24) is 0 Å². The molecule has 6 heteroatoms. The van der Waals surface area contributed by atoms with Crippen LogP contribution in [0.4, 0.5) is 13.2 Å². The van der Waals surface area contributed by atoms with Crippen LogP contribution in [0.1, 0.15) is 27.2 Å². The second-order valence-electron chi connectivity index (χ2n) is 3.88. The molecule has 0 aromatic carbocycles. The van der Waals surface area contributed by atoms with Gasteiger partial charge in [0.05, 0.1) is 12.0 Å². The number of nitrogens with two attached hydrogens (primary N) is 1. The zero-order valence-electron chi connectivity index (χ0n) is 9.02. The van der Waals surface area contributed by atoms with Crippen molar-refractivity contribution in [3.63, 3.8) is 0 Å². The van der Waals surface area contributed by atoms with Gasteiger partial charge < -0.3 is 10.5 Å². The smallest absolute Gasteiger partial charge is 0.404 e. The molecule has 1 atom stereocenters. The summed E-state index contributed by atoms with van der Waals surface area (Å²) in [4.78, 5) is 11.3. The quantitative estimate of drug-likeness (QED) is 0.746. The van der Waals surface area contributed by atoms with Gasteiger partial charge in [0.15, 0.2) is 0 Å². The van der Waals surface area contributed by atoms with Crippen molar-refractivity contribution in [2.75, 3.05) is 6.61 Å². The monoisotopic (exact) mass is 227 g/mol. The largest absolute Gasteiger partial charge is 0.465 e. The Morgan fingerprint density at radius 1 is 1.40 bits per heavy atom. The van der Waals surface area contributed by atoms with Gasteiger partial charge in [-0.25, -0.2) is 0 Å². The molecule has 2 N–H and O–H groups in total. The SMILES string of the molecule is CCCOC(=O)C(C)(C)[C@@H](N)C(F)(F)F. The van der Waals surface area contributed by atoms with Crippen LogP contribution in [0.3, 0.4) is 0 Å². The normalized spacial score (nSPS) is 14.9. The Labute approximate surface area is 86.8 Å². The molecule has 0 aliphatic rings. The number of carbonyl (C=O) groups is 1. The van der Waals surface area contributed by atoms with Crippen molar-refractivity contribution in [3.05, 3.63) is 0 Å². The highest BCUT2D eigenvalue weighted by Gasteiger charge is 2.51. The first-order valence-electron chi connectivity index (χ1n) is 4.63. The summed E-state index contributed by atoms with van der Waals surface area (Å²) in [5.74, 6) is -0.922. The third-order valence-electron chi connectivity index (χ3n) is 2.09. The summed E-state index contributed by atoms with van der Waals surface area (Å²) >= 11 is 0. The summed E-state index contributed by atoms with van der Waals surface area (Å²) in [6, 6.07) is -2.21. The van der Waals surface area contributed by atoms with E-state index in [1.54, 1.807) is 6.92 Å². The predicted octanol–water partition coefficient (Wildman–Crippen LogP) is 1.86. The average Bonchev–Trinajstić information content (AvgIpc) is 2.11. The summed E-state index contributed by atoms with van der Waals surface area (Å²) in [7, 11) is 0. The Hall–Kier alpha value is -0.780. The van der Waals surface area contributed by atoms with Crippen molar-refractivity contribution < 1.29 is 22.7 Å². The molecule has 0 amide bonds. The molecule has 0 saturated carbocycles. The summed E-state index contributed by atoms with van der Waals surface area (Å²) in [6.07, 6.45) is -4.04. The number of rotatable bonds is 4. The standard InChI is InChI=1S/C9H16F3NO2/c1-4-5-15-7(14)8(2,3)6(13)9(10,11)12/h6H,4-5,13H2,1-3H3/t6-/m1/s1. The molecule has 0 aromatic rings. The summed E-state index contributed by atoms with van der Waals surface area (Å²) in [5.41, 5.74) is 3.22. The lowest BCUT2D eigenvalue weighted by atomic mass is 9.84. The lowest BCUT2D eigenvalue weighted by Gasteiger charge is -2.30. The second kappa shape index (κ2) is 4.83. The number of alkyl halides is 3. The van der Waals surface area contributed by atoms with Crippen LogP contribution in [0, 0.1) is 5.41 Å². The van der Waals surface area contributed by atoms with Crippen molar-refractivity contribution in [1.29, 1.82) is 0 Å². The van der Waals surface area contributed by atoms with Crippen LogP contribution in [-0.2, 0) is 9.53 Å². The van der Waals surface area contributed by atoms with Crippen LogP contribution in [0.2, 0.25) is 0 Å². The van der Waals surface area contributed by atoms with E-state index in [0.717, 1.165) is 13.8 Å². The third-order valence-corrected chi connectivity index (χ3v) is 2.09. The van der Waals surface area contributed by atoms with Gasteiger partial charge in [-0.15, -0.1) is 0 Å². The molecular formula is C9H16F3NO2. The molecule has 0 heterocycles. The fourth-order valence-electron chi connectivity index (χ4n) is 0.917. The predicted molar refractivity (Wildman–Crippen MR) is 49.1 cm³/mol. The van der Waals surface area contributed by atoms with Gasteiger partial charge in [-0.3, -0.25) is 4.79 Å². The van der Waals surface area contributed by atoms with Gasteiger partial charge >= 0.3 is 12.1 Å². The molecule has 0 spiro atoms. The molecule has 90 valence electrons. The first-order valence-corrected chi connectivity index (χ1v) is 4.63. The van der Waals surface area contributed by atoms with E-state index in [-0.39, 0.29) is 6.61 Å². The number of halogens is 3. The molecule has 0 radical (unpaired) electrons. The van der Waals surface area contributed by atoms with E-state index in [1.165, 1.54) is 0 Å². The van der Waals surface area contributed by atoms with Gasteiger partial charge in [-0.1, -0.05) is 6.92 Å². The Balaban J connectivity index is 4.59. The molecule has 0 saturated heterocycles. The highest BCUT2D eigenvalue weighted by atomic mass is 19.4. The molecule has 0 aliphatic carbocycles. The minimum absolute atomic E-state index is 0.104. The van der Waals surface area contributed by atoms with Gasteiger partial charge in [0.2, 0.25) is 0 Å². The molecule has 0 rings (SSSR count). The van der Waals surface area contributed by atoms with Crippen molar-refractivity contribution in [2.24, 2.45) is 11.1 Å². The minimum atomic E-state index is -4.60. The maximum atomic E-state index is 12.3. The Bertz CT molecular complexity index is 226. The van der Waals surface area contributed by atoms with Gasteiger partial charge in [0.1, 0.15) is 6.04 Å².